The van der Waals surface area contributed by atoms with Crippen LogP contribution in [0.1, 0.15) is 11.1 Å². The second-order valence-electron chi connectivity index (χ2n) is 3.44. The summed E-state index contributed by atoms with van der Waals surface area (Å²) in [6.45, 7) is 1.00. The van der Waals surface area contributed by atoms with E-state index in [1.807, 2.05) is 12.1 Å². The first-order valence-corrected chi connectivity index (χ1v) is 5.03. The van der Waals surface area contributed by atoms with Gasteiger partial charge in [0.15, 0.2) is 0 Å². The number of amidine groups is 1. The van der Waals surface area contributed by atoms with Crippen molar-refractivity contribution in [3.05, 3.63) is 34.3 Å². The molecule has 3 rings (SSSR count). The van der Waals surface area contributed by atoms with E-state index in [4.69, 9.17) is 26.8 Å². The third-order valence-electron chi connectivity index (χ3n) is 2.55. The first kappa shape index (κ1) is 9.15. The van der Waals surface area contributed by atoms with E-state index >= 15 is 0 Å². The normalized spacial score (nSPS) is 21.8. The van der Waals surface area contributed by atoms with Crippen LogP contribution in [0.4, 0.5) is 0 Å². The van der Waals surface area contributed by atoms with Crippen LogP contribution < -0.4 is 5.73 Å². The average Bonchev–Trinajstić information content (AvgIpc) is 2.76. The molecule has 2 heterocycles. The molecule has 0 amide bonds. The molecule has 15 heavy (non-hydrogen) atoms. The second-order valence-corrected chi connectivity index (χ2v) is 3.85. The molecule has 1 saturated heterocycles. The summed E-state index contributed by atoms with van der Waals surface area (Å²) in [7, 11) is 0. The molecule has 0 bridgehead atoms. The standard InChI is InChI=1S/C10H9ClN2O2/c11-7-3-1-2-6-8(7)10(13-9(6)12)14-4-5-15-10/h1-3H,4-5H2,(H2,12,13). The van der Waals surface area contributed by atoms with Crippen molar-refractivity contribution in [2.45, 2.75) is 5.91 Å². The molecule has 1 aromatic carbocycles. The Balaban J connectivity index is 2.25. The maximum Gasteiger partial charge on any atom is 0.302 e. The molecule has 0 radical (unpaired) electrons. The zero-order chi connectivity index (χ0) is 10.5. The summed E-state index contributed by atoms with van der Waals surface area (Å²) >= 11 is 6.12. The predicted octanol–water partition coefficient (Wildman–Crippen LogP) is 1.22. The van der Waals surface area contributed by atoms with Gasteiger partial charge in [0.1, 0.15) is 5.84 Å². The lowest BCUT2D eigenvalue weighted by molar-refractivity contribution is -0.155. The van der Waals surface area contributed by atoms with Crippen molar-refractivity contribution in [2.24, 2.45) is 10.7 Å². The van der Waals surface area contributed by atoms with E-state index in [1.165, 1.54) is 0 Å². The Bertz CT molecular complexity index is 453. The van der Waals surface area contributed by atoms with Gasteiger partial charge in [-0.25, -0.2) is 4.99 Å². The van der Waals surface area contributed by atoms with E-state index in [0.29, 0.717) is 24.1 Å². The van der Waals surface area contributed by atoms with Gasteiger partial charge in [0.05, 0.1) is 23.8 Å². The Kier molecular flexibility index (Phi) is 1.80. The topological polar surface area (TPSA) is 56.8 Å². The van der Waals surface area contributed by atoms with E-state index in [-0.39, 0.29) is 0 Å². The lowest BCUT2D eigenvalue weighted by Gasteiger charge is -2.19. The minimum atomic E-state index is -1.09. The summed E-state index contributed by atoms with van der Waals surface area (Å²) in [5, 5.41) is 0.568. The monoisotopic (exact) mass is 224 g/mol. The number of hydrogen-bond donors (Lipinski definition) is 1. The van der Waals surface area contributed by atoms with Crippen LogP contribution in [0.2, 0.25) is 5.02 Å². The number of ether oxygens (including phenoxy) is 2. The van der Waals surface area contributed by atoms with Crippen molar-refractivity contribution >= 4 is 17.4 Å². The molecule has 0 aliphatic carbocycles. The number of halogens is 1. The molecule has 5 heteroatoms. The highest BCUT2D eigenvalue weighted by Gasteiger charge is 2.46. The largest absolute Gasteiger partial charge is 0.383 e. The second kappa shape index (κ2) is 2.95. The summed E-state index contributed by atoms with van der Waals surface area (Å²) in [4.78, 5) is 4.21. The highest BCUT2D eigenvalue weighted by Crippen LogP contribution is 2.43. The van der Waals surface area contributed by atoms with Crippen LogP contribution in [-0.2, 0) is 15.4 Å². The quantitative estimate of drug-likeness (QED) is 0.721. The molecular formula is C10H9ClN2O2. The summed E-state index contributed by atoms with van der Waals surface area (Å²) in [5.74, 6) is -0.674. The van der Waals surface area contributed by atoms with E-state index in [1.54, 1.807) is 6.07 Å². The zero-order valence-electron chi connectivity index (χ0n) is 7.87. The Morgan fingerprint density at radius 3 is 2.80 bits per heavy atom. The van der Waals surface area contributed by atoms with Gasteiger partial charge in [-0.15, -0.1) is 0 Å². The molecule has 1 spiro atoms. The fourth-order valence-corrected chi connectivity index (χ4v) is 2.24. The smallest absolute Gasteiger partial charge is 0.302 e. The van der Waals surface area contributed by atoms with Crippen molar-refractivity contribution < 1.29 is 9.47 Å². The molecule has 2 aliphatic heterocycles. The van der Waals surface area contributed by atoms with Crippen LogP contribution in [0, 0.1) is 0 Å². The fourth-order valence-electron chi connectivity index (χ4n) is 1.94. The van der Waals surface area contributed by atoms with Gasteiger partial charge in [-0.05, 0) is 6.07 Å². The van der Waals surface area contributed by atoms with Gasteiger partial charge in [0, 0.05) is 5.56 Å². The van der Waals surface area contributed by atoms with Crippen molar-refractivity contribution in [1.82, 2.24) is 0 Å². The molecule has 0 atom stereocenters. The number of hydrogen-bond acceptors (Lipinski definition) is 4. The lowest BCUT2D eigenvalue weighted by Crippen LogP contribution is -2.22. The fraction of sp³-hybridized carbons (Fsp3) is 0.300. The predicted molar refractivity (Wildman–Crippen MR) is 55.8 cm³/mol. The Morgan fingerprint density at radius 2 is 2.07 bits per heavy atom. The molecule has 0 aromatic heterocycles. The van der Waals surface area contributed by atoms with Gasteiger partial charge in [0.25, 0.3) is 0 Å². The van der Waals surface area contributed by atoms with Gasteiger partial charge >= 0.3 is 5.91 Å². The number of aliphatic imine (C=N–C) groups is 1. The summed E-state index contributed by atoms with van der Waals surface area (Å²) < 4.78 is 11.0. The minimum Gasteiger partial charge on any atom is -0.383 e. The van der Waals surface area contributed by atoms with Gasteiger partial charge < -0.3 is 15.2 Å². The highest BCUT2D eigenvalue weighted by molar-refractivity contribution is 6.32. The first-order chi connectivity index (χ1) is 7.23. The van der Waals surface area contributed by atoms with Crippen molar-refractivity contribution in [3.8, 4) is 0 Å². The molecule has 0 saturated carbocycles. The van der Waals surface area contributed by atoms with Crippen molar-refractivity contribution in [1.29, 1.82) is 0 Å². The number of nitrogens with two attached hydrogens (primary N) is 1. The van der Waals surface area contributed by atoms with Crippen LogP contribution in [-0.4, -0.2) is 19.0 Å². The molecule has 0 unspecified atom stereocenters. The molecule has 4 nitrogen and oxygen atoms in total. The SMILES string of the molecule is NC1=NC2(OCCO2)c2c(Cl)cccc21. The van der Waals surface area contributed by atoms with Gasteiger partial charge in [-0.3, -0.25) is 0 Å². The summed E-state index contributed by atoms with van der Waals surface area (Å²) in [6, 6.07) is 5.47. The van der Waals surface area contributed by atoms with Gasteiger partial charge in [-0.2, -0.15) is 0 Å². The highest BCUT2D eigenvalue weighted by atomic mass is 35.5. The number of nitrogens with zero attached hydrogens (tertiary/aromatic N) is 1. The number of benzene rings is 1. The Morgan fingerprint density at radius 1 is 1.33 bits per heavy atom. The summed E-state index contributed by atoms with van der Waals surface area (Å²) in [6.07, 6.45) is 0. The third kappa shape index (κ3) is 1.13. The maximum atomic E-state index is 6.12. The average molecular weight is 225 g/mol. The first-order valence-electron chi connectivity index (χ1n) is 4.65. The molecular weight excluding hydrogens is 216 g/mol. The Labute approximate surface area is 91.6 Å². The van der Waals surface area contributed by atoms with Gasteiger partial charge in [-0.1, -0.05) is 23.7 Å². The zero-order valence-corrected chi connectivity index (χ0v) is 8.62. The molecule has 2 N–H and O–H groups in total. The van der Waals surface area contributed by atoms with E-state index in [9.17, 15) is 0 Å². The van der Waals surface area contributed by atoms with Crippen molar-refractivity contribution in [3.63, 3.8) is 0 Å². The number of rotatable bonds is 0. The van der Waals surface area contributed by atoms with Gasteiger partial charge in [0.2, 0.25) is 0 Å². The molecule has 2 aliphatic rings. The third-order valence-corrected chi connectivity index (χ3v) is 2.87. The summed E-state index contributed by atoms with van der Waals surface area (Å²) in [5.41, 5.74) is 7.32. The minimum absolute atomic E-state index is 0.411. The van der Waals surface area contributed by atoms with E-state index in [0.717, 1.165) is 11.1 Å². The lowest BCUT2D eigenvalue weighted by atomic mass is 10.1. The molecule has 1 fully saturated rings. The maximum absolute atomic E-state index is 6.12. The van der Waals surface area contributed by atoms with E-state index in [2.05, 4.69) is 4.99 Å². The van der Waals surface area contributed by atoms with Crippen LogP contribution in [0.3, 0.4) is 0 Å². The Hall–Kier alpha value is -1.10. The van der Waals surface area contributed by atoms with Crippen LogP contribution in [0.25, 0.3) is 0 Å². The van der Waals surface area contributed by atoms with Crippen LogP contribution in [0.5, 0.6) is 0 Å². The molecule has 78 valence electrons. The van der Waals surface area contributed by atoms with Crippen LogP contribution in [0.15, 0.2) is 23.2 Å². The van der Waals surface area contributed by atoms with E-state index < -0.39 is 5.91 Å². The number of fused-ring (bicyclic) bond motifs is 2. The van der Waals surface area contributed by atoms with Crippen molar-refractivity contribution in [2.75, 3.05) is 13.2 Å². The van der Waals surface area contributed by atoms with Crippen LogP contribution >= 0.6 is 11.6 Å². The molecule has 1 aromatic rings.